The molecule has 5 rings (SSSR count). The highest BCUT2D eigenvalue weighted by molar-refractivity contribution is 5.74. The number of hydrogen-bond donors (Lipinski definition) is 2. The van der Waals surface area contributed by atoms with E-state index in [2.05, 4.69) is 40.5 Å². The fraction of sp³-hybridized carbons (Fsp3) is 0.387. The molecular formula is C31H36N2O5. The molecule has 3 aromatic carbocycles. The monoisotopic (exact) mass is 516 g/mol. The molecule has 38 heavy (non-hydrogen) atoms. The van der Waals surface area contributed by atoms with Crippen LogP contribution in [-0.4, -0.2) is 54.9 Å². The number of ether oxygens (including phenoxy) is 3. The lowest BCUT2D eigenvalue weighted by atomic mass is 9.97. The van der Waals surface area contributed by atoms with Crippen molar-refractivity contribution < 1.29 is 24.1 Å². The van der Waals surface area contributed by atoms with E-state index in [1.54, 1.807) is 0 Å². The maximum atomic E-state index is 11.4. The number of hydrogen-bond acceptors (Lipinski definition) is 6. The van der Waals surface area contributed by atoms with Crippen LogP contribution in [0.3, 0.4) is 0 Å². The minimum absolute atomic E-state index is 0.0208. The Morgan fingerprint density at radius 3 is 2.37 bits per heavy atom. The molecule has 2 fully saturated rings. The number of carbonyl (C=O) groups excluding carboxylic acids is 1. The van der Waals surface area contributed by atoms with E-state index in [1.807, 2.05) is 42.5 Å². The molecule has 0 bridgehead atoms. The molecule has 200 valence electrons. The van der Waals surface area contributed by atoms with Crippen LogP contribution in [0.2, 0.25) is 0 Å². The smallest absolute Gasteiger partial charge is 0.217 e. The van der Waals surface area contributed by atoms with Crippen molar-refractivity contribution in [3.05, 3.63) is 95.1 Å². The summed E-state index contributed by atoms with van der Waals surface area (Å²) in [5.74, 6) is -0.0473. The summed E-state index contributed by atoms with van der Waals surface area (Å²) in [5, 5.41) is 12.3. The molecule has 0 saturated carbocycles. The third-order valence-electron chi connectivity index (χ3n) is 7.22. The van der Waals surface area contributed by atoms with Gasteiger partial charge < -0.3 is 24.6 Å². The van der Waals surface area contributed by atoms with Crippen molar-refractivity contribution in [1.82, 2.24) is 10.2 Å². The first-order chi connectivity index (χ1) is 18.6. The number of morpholine rings is 1. The highest BCUT2D eigenvalue weighted by atomic mass is 16.7. The van der Waals surface area contributed by atoms with E-state index in [4.69, 9.17) is 14.2 Å². The first kappa shape index (κ1) is 26.5. The fourth-order valence-corrected chi connectivity index (χ4v) is 5.10. The van der Waals surface area contributed by atoms with Crippen LogP contribution in [0.15, 0.2) is 72.8 Å². The summed E-state index contributed by atoms with van der Waals surface area (Å²) in [4.78, 5) is 13.8. The average molecular weight is 517 g/mol. The Balaban J connectivity index is 1.36. The van der Waals surface area contributed by atoms with Gasteiger partial charge in [-0.05, 0) is 27.8 Å². The van der Waals surface area contributed by atoms with E-state index in [1.165, 1.54) is 6.92 Å². The topological polar surface area (TPSA) is 80.3 Å². The minimum atomic E-state index is -0.485. The number of benzene rings is 3. The summed E-state index contributed by atoms with van der Waals surface area (Å²) in [6.07, 6.45) is 0.194. The summed E-state index contributed by atoms with van der Waals surface area (Å²) in [7, 11) is 0. The van der Waals surface area contributed by atoms with E-state index in [0.717, 1.165) is 72.6 Å². The van der Waals surface area contributed by atoms with Gasteiger partial charge in [0.15, 0.2) is 6.29 Å². The summed E-state index contributed by atoms with van der Waals surface area (Å²) in [6, 6.07) is 24.4. The van der Waals surface area contributed by atoms with Crippen molar-refractivity contribution in [1.29, 1.82) is 0 Å². The lowest BCUT2D eigenvalue weighted by molar-refractivity contribution is -0.253. The van der Waals surface area contributed by atoms with Crippen LogP contribution < -0.4 is 5.32 Å². The van der Waals surface area contributed by atoms with Crippen molar-refractivity contribution in [3.8, 4) is 11.1 Å². The second-order valence-electron chi connectivity index (χ2n) is 9.95. The predicted molar refractivity (Wildman–Crippen MR) is 145 cm³/mol. The molecule has 1 amide bonds. The average Bonchev–Trinajstić information content (AvgIpc) is 2.97. The van der Waals surface area contributed by atoms with Gasteiger partial charge in [0, 0.05) is 45.1 Å². The Labute approximate surface area is 224 Å². The molecule has 2 N–H and O–H groups in total. The van der Waals surface area contributed by atoms with Gasteiger partial charge in [-0.25, -0.2) is 0 Å². The normalized spacial score (nSPS) is 22.2. The van der Waals surface area contributed by atoms with E-state index >= 15 is 0 Å². The molecular weight excluding hydrogens is 480 g/mol. The van der Waals surface area contributed by atoms with Gasteiger partial charge in [-0.3, -0.25) is 9.69 Å². The Bertz CT molecular complexity index is 1190. The maximum absolute atomic E-state index is 11.4. The molecule has 2 aliphatic rings. The number of rotatable bonds is 8. The van der Waals surface area contributed by atoms with Crippen molar-refractivity contribution in [3.63, 3.8) is 0 Å². The molecule has 3 unspecified atom stereocenters. The molecule has 7 nitrogen and oxygen atoms in total. The fourth-order valence-electron chi connectivity index (χ4n) is 5.10. The zero-order valence-corrected chi connectivity index (χ0v) is 21.8. The van der Waals surface area contributed by atoms with Crippen LogP contribution >= 0.6 is 0 Å². The maximum Gasteiger partial charge on any atom is 0.217 e. The lowest BCUT2D eigenvalue weighted by Gasteiger charge is -2.39. The van der Waals surface area contributed by atoms with Gasteiger partial charge in [-0.2, -0.15) is 0 Å². The van der Waals surface area contributed by atoms with Gasteiger partial charge in [0.05, 0.1) is 32.0 Å². The summed E-state index contributed by atoms with van der Waals surface area (Å²) in [5.41, 5.74) is 6.17. The minimum Gasteiger partial charge on any atom is -0.392 e. The summed E-state index contributed by atoms with van der Waals surface area (Å²) >= 11 is 0. The molecule has 0 aliphatic carbocycles. The van der Waals surface area contributed by atoms with E-state index in [0.29, 0.717) is 6.54 Å². The molecule has 2 saturated heterocycles. The second-order valence-corrected chi connectivity index (χ2v) is 9.95. The Hall–Kier alpha value is -3.07. The molecule has 2 heterocycles. The third kappa shape index (κ3) is 6.67. The SMILES string of the molecule is CC(=O)NCc1ccccc1-c1ccc(C2OC(CN3CCOCC3)CC(c3ccc(CO)cc3)O2)cc1. The van der Waals surface area contributed by atoms with E-state index in [9.17, 15) is 9.90 Å². The second kappa shape index (κ2) is 12.7. The van der Waals surface area contributed by atoms with Gasteiger partial charge >= 0.3 is 0 Å². The molecule has 0 radical (unpaired) electrons. The first-order valence-electron chi connectivity index (χ1n) is 13.3. The van der Waals surface area contributed by atoms with Crippen molar-refractivity contribution in [2.45, 2.75) is 45.0 Å². The molecule has 2 aliphatic heterocycles. The largest absolute Gasteiger partial charge is 0.392 e. The predicted octanol–water partition coefficient (Wildman–Crippen LogP) is 4.36. The number of carbonyl (C=O) groups is 1. The number of aliphatic hydroxyl groups excluding tert-OH is 1. The number of amides is 1. The number of nitrogens with one attached hydrogen (secondary N) is 1. The van der Waals surface area contributed by atoms with Gasteiger partial charge in [-0.15, -0.1) is 0 Å². The van der Waals surface area contributed by atoms with Crippen molar-refractivity contribution >= 4 is 5.91 Å². The molecule has 0 spiro atoms. The quantitative estimate of drug-likeness (QED) is 0.463. The van der Waals surface area contributed by atoms with Gasteiger partial charge in [0.25, 0.3) is 0 Å². The Morgan fingerprint density at radius 1 is 0.947 bits per heavy atom. The van der Waals surface area contributed by atoms with Gasteiger partial charge in [-0.1, -0.05) is 72.8 Å². The highest BCUT2D eigenvalue weighted by Gasteiger charge is 2.33. The van der Waals surface area contributed by atoms with Gasteiger partial charge in [0.1, 0.15) is 0 Å². The lowest BCUT2D eigenvalue weighted by Crippen LogP contribution is -2.44. The summed E-state index contributed by atoms with van der Waals surface area (Å²) < 4.78 is 18.6. The van der Waals surface area contributed by atoms with Crippen LogP contribution in [0, 0.1) is 0 Å². The van der Waals surface area contributed by atoms with E-state index in [-0.39, 0.29) is 24.7 Å². The third-order valence-corrected chi connectivity index (χ3v) is 7.22. The molecule has 3 atom stereocenters. The van der Waals surface area contributed by atoms with Crippen molar-refractivity contribution in [2.24, 2.45) is 0 Å². The Morgan fingerprint density at radius 2 is 1.66 bits per heavy atom. The van der Waals surface area contributed by atoms with Crippen LogP contribution in [0.5, 0.6) is 0 Å². The van der Waals surface area contributed by atoms with Crippen LogP contribution in [0.1, 0.15) is 48.0 Å². The number of aliphatic hydroxyl groups is 1. The van der Waals surface area contributed by atoms with Crippen LogP contribution in [0.25, 0.3) is 11.1 Å². The molecule has 7 heteroatoms. The first-order valence-corrected chi connectivity index (χ1v) is 13.3. The zero-order chi connectivity index (χ0) is 26.3. The standard InChI is InChI=1S/C31H36N2O5/c1-22(35)32-19-27-4-2-3-5-29(27)24-10-12-26(13-11-24)31-37-28(20-33-14-16-36-17-15-33)18-30(38-31)25-8-6-23(21-34)7-9-25/h2-13,28,30-31,34H,14-21H2,1H3,(H,32,35). The highest BCUT2D eigenvalue weighted by Crippen LogP contribution is 2.39. The Kier molecular flexibility index (Phi) is 8.83. The molecule has 0 aromatic heterocycles. The summed E-state index contributed by atoms with van der Waals surface area (Å²) in [6.45, 7) is 6.21. The van der Waals surface area contributed by atoms with Gasteiger partial charge in [0.2, 0.25) is 5.91 Å². The number of nitrogens with zero attached hydrogens (tertiary/aromatic N) is 1. The zero-order valence-electron chi connectivity index (χ0n) is 21.8. The van der Waals surface area contributed by atoms with Crippen LogP contribution in [0.4, 0.5) is 0 Å². The van der Waals surface area contributed by atoms with E-state index < -0.39 is 6.29 Å². The van der Waals surface area contributed by atoms with Crippen LogP contribution in [-0.2, 0) is 32.2 Å². The molecule has 3 aromatic rings. The van der Waals surface area contributed by atoms with Crippen molar-refractivity contribution in [2.75, 3.05) is 32.8 Å².